The lowest BCUT2D eigenvalue weighted by atomic mass is 9.55. The lowest BCUT2D eigenvalue weighted by Crippen LogP contribution is -2.55. The minimum Gasteiger partial charge on any atom is -0.348 e. The van der Waals surface area contributed by atoms with E-state index in [1.165, 1.54) is 12.1 Å². The molecule has 1 N–H and O–H groups in total. The first kappa shape index (κ1) is 24.6. The quantitative estimate of drug-likeness (QED) is 0.309. The molecule has 1 saturated carbocycles. The van der Waals surface area contributed by atoms with Gasteiger partial charge in [0.1, 0.15) is 5.82 Å². The van der Waals surface area contributed by atoms with Crippen LogP contribution in [0.4, 0.5) is 17.6 Å². The van der Waals surface area contributed by atoms with Crippen LogP contribution in [0.25, 0.3) is 11.8 Å². The molecule has 0 unspecified atom stereocenters. The fourth-order valence-electron chi connectivity index (χ4n) is 6.59. The first-order chi connectivity index (χ1) is 18.1. The molecule has 38 heavy (non-hydrogen) atoms. The first-order valence-electron chi connectivity index (χ1n) is 12.8. The Kier molecular flexibility index (Phi) is 5.81. The van der Waals surface area contributed by atoms with E-state index in [0.717, 1.165) is 28.1 Å². The highest BCUT2D eigenvalue weighted by Gasteiger charge is 2.54. The summed E-state index contributed by atoms with van der Waals surface area (Å²) in [7, 11) is 0. The molecule has 6 rings (SSSR count). The summed E-state index contributed by atoms with van der Waals surface area (Å²) in [4.78, 5) is 13.0. The third-order valence-corrected chi connectivity index (χ3v) is 8.50. The topological polar surface area (TPSA) is 46.9 Å². The summed E-state index contributed by atoms with van der Waals surface area (Å²) in [5, 5.41) is 7.33. The number of carbonyl (C=O) groups is 1. The molecule has 1 amide bonds. The maximum atomic E-state index is 14.2. The van der Waals surface area contributed by atoms with Gasteiger partial charge in [-0.2, -0.15) is 18.3 Å². The molecule has 3 aliphatic rings. The minimum absolute atomic E-state index is 0.167. The molecule has 1 fully saturated rings. The molecule has 4 atom stereocenters. The van der Waals surface area contributed by atoms with Crippen LogP contribution in [0.5, 0.6) is 0 Å². The molecule has 0 saturated heterocycles. The number of nitrogens with zero attached hydrogens (tertiary/aromatic N) is 2. The molecule has 196 valence electrons. The van der Waals surface area contributed by atoms with Crippen LogP contribution < -0.4 is 5.32 Å². The normalized spacial score (nSPS) is 26.4. The predicted octanol–water partition coefficient (Wildman–Crippen LogP) is 6.67. The Morgan fingerprint density at radius 1 is 1.11 bits per heavy atom. The zero-order valence-electron chi connectivity index (χ0n) is 20.8. The Labute approximate surface area is 218 Å². The van der Waals surface area contributed by atoms with Crippen LogP contribution in [0.3, 0.4) is 0 Å². The van der Waals surface area contributed by atoms with E-state index in [0.29, 0.717) is 24.8 Å². The van der Waals surface area contributed by atoms with Gasteiger partial charge in [-0.1, -0.05) is 42.3 Å². The summed E-state index contributed by atoms with van der Waals surface area (Å²) in [5.74, 6) is -2.87. The van der Waals surface area contributed by atoms with Crippen LogP contribution >= 0.6 is 0 Å². The number of rotatable bonds is 3. The molecule has 0 spiro atoms. The molecule has 1 heterocycles. The Morgan fingerprint density at radius 3 is 2.55 bits per heavy atom. The molecule has 3 aromatic rings. The van der Waals surface area contributed by atoms with Gasteiger partial charge in [0.2, 0.25) is 0 Å². The summed E-state index contributed by atoms with van der Waals surface area (Å²) in [6.07, 6.45) is 2.80. The van der Waals surface area contributed by atoms with Crippen molar-refractivity contribution in [2.24, 2.45) is 17.3 Å². The van der Waals surface area contributed by atoms with Crippen LogP contribution in [0.1, 0.15) is 47.8 Å². The molecule has 0 radical (unpaired) electrons. The molecular formula is C30H27F4N3O. The lowest BCUT2D eigenvalue weighted by molar-refractivity contribution is -0.186. The molecule has 8 heteroatoms. The van der Waals surface area contributed by atoms with E-state index in [2.05, 4.69) is 23.4 Å². The maximum absolute atomic E-state index is 14.2. The number of hydrogen-bond acceptors (Lipinski definition) is 2. The summed E-state index contributed by atoms with van der Waals surface area (Å²) < 4.78 is 57.8. The Morgan fingerprint density at radius 2 is 1.84 bits per heavy atom. The highest BCUT2D eigenvalue weighted by Crippen LogP contribution is 2.57. The van der Waals surface area contributed by atoms with Gasteiger partial charge in [0.25, 0.3) is 5.91 Å². The van der Waals surface area contributed by atoms with E-state index in [9.17, 15) is 22.4 Å². The molecule has 1 aromatic heterocycles. The van der Waals surface area contributed by atoms with Gasteiger partial charge in [-0.3, -0.25) is 4.79 Å². The summed E-state index contributed by atoms with van der Waals surface area (Å²) in [6.45, 7) is 2.10. The van der Waals surface area contributed by atoms with Gasteiger partial charge >= 0.3 is 6.18 Å². The van der Waals surface area contributed by atoms with E-state index in [1.54, 1.807) is 59.4 Å². The number of benzene rings is 2. The number of nitrogens with one attached hydrogen (secondary N) is 1. The van der Waals surface area contributed by atoms with Crippen LogP contribution in [-0.2, 0) is 6.42 Å². The van der Waals surface area contributed by atoms with Crippen molar-refractivity contribution in [1.82, 2.24) is 15.1 Å². The van der Waals surface area contributed by atoms with E-state index < -0.39 is 35.4 Å². The number of carbonyl (C=O) groups excluding carboxylic acids is 1. The highest BCUT2D eigenvalue weighted by molar-refractivity contribution is 5.94. The summed E-state index contributed by atoms with van der Waals surface area (Å²) in [6, 6.07) is 13.5. The van der Waals surface area contributed by atoms with Crippen LogP contribution in [0.2, 0.25) is 0 Å². The number of amides is 1. The van der Waals surface area contributed by atoms with Crippen molar-refractivity contribution in [3.05, 3.63) is 101 Å². The molecular weight excluding hydrogens is 494 g/mol. The van der Waals surface area contributed by atoms with Crippen molar-refractivity contribution in [2.75, 3.05) is 0 Å². The van der Waals surface area contributed by atoms with Crippen molar-refractivity contribution < 1.29 is 22.4 Å². The van der Waals surface area contributed by atoms with Crippen molar-refractivity contribution in [2.45, 2.75) is 44.8 Å². The molecule has 0 aliphatic heterocycles. The smallest absolute Gasteiger partial charge is 0.348 e. The fraction of sp³-hybridized carbons (Fsp3) is 0.333. The molecule has 0 bridgehead atoms. The van der Waals surface area contributed by atoms with Gasteiger partial charge < -0.3 is 5.32 Å². The summed E-state index contributed by atoms with van der Waals surface area (Å²) >= 11 is 0. The summed E-state index contributed by atoms with van der Waals surface area (Å²) in [5.41, 5.74) is 4.66. The van der Waals surface area contributed by atoms with Crippen molar-refractivity contribution in [3.8, 4) is 5.69 Å². The minimum atomic E-state index is -4.43. The third kappa shape index (κ3) is 4.06. The second-order valence-corrected chi connectivity index (χ2v) is 10.7. The monoisotopic (exact) mass is 521 g/mol. The van der Waals surface area contributed by atoms with Crippen molar-refractivity contribution in [1.29, 1.82) is 0 Å². The molecule has 3 aliphatic carbocycles. The molecule has 4 nitrogen and oxygen atoms in total. The Balaban J connectivity index is 1.35. The van der Waals surface area contributed by atoms with Crippen molar-refractivity contribution >= 4 is 12.0 Å². The number of aromatic nitrogens is 2. The van der Waals surface area contributed by atoms with Gasteiger partial charge in [-0.05, 0) is 73.7 Å². The average molecular weight is 522 g/mol. The molecule has 2 aromatic carbocycles. The number of hydrogen-bond donors (Lipinski definition) is 1. The zero-order chi connectivity index (χ0) is 26.7. The van der Waals surface area contributed by atoms with E-state index >= 15 is 0 Å². The standard InChI is InChI=1S/C30H27F4N3O/c1-29-16-19-17-35-37(22-10-8-21(31)9-11-22)26(19)15-20(29)7-12-23-24(29)13-14-25(30(32,33)34)27(23)36-28(38)18-5-3-2-4-6-18/h2-6,8-11,13,15,17,23,25,27H,7,12,14,16H2,1H3,(H,36,38)/t23-,25+,27+,29-/m0/s1. The second kappa shape index (κ2) is 8.96. The van der Waals surface area contributed by atoms with E-state index in [-0.39, 0.29) is 12.2 Å². The van der Waals surface area contributed by atoms with Gasteiger partial charge in [-0.15, -0.1) is 0 Å². The number of fused-ring (bicyclic) bond motifs is 4. The average Bonchev–Trinajstić information content (AvgIpc) is 3.29. The van der Waals surface area contributed by atoms with Crippen LogP contribution in [-0.4, -0.2) is 27.9 Å². The van der Waals surface area contributed by atoms with Crippen LogP contribution in [0, 0.1) is 23.1 Å². The second-order valence-electron chi connectivity index (χ2n) is 10.7. The number of allylic oxidation sites excluding steroid dienone is 2. The van der Waals surface area contributed by atoms with Crippen molar-refractivity contribution in [3.63, 3.8) is 0 Å². The zero-order valence-corrected chi connectivity index (χ0v) is 20.8. The third-order valence-electron chi connectivity index (χ3n) is 8.50. The van der Waals surface area contributed by atoms with Crippen LogP contribution in [0.15, 0.2) is 78.0 Å². The first-order valence-corrected chi connectivity index (χ1v) is 12.8. The van der Waals surface area contributed by atoms with Gasteiger partial charge in [-0.25, -0.2) is 9.07 Å². The number of halogens is 4. The fourth-order valence-corrected chi connectivity index (χ4v) is 6.59. The number of alkyl halides is 3. The largest absolute Gasteiger partial charge is 0.394 e. The van der Waals surface area contributed by atoms with Gasteiger partial charge in [0.05, 0.1) is 23.5 Å². The highest BCUT2D eigenvalue weighted by atomic mass is 19.4. The Bertz CT molecular complexity index is 1440. The maximum Gasteiger partial charge on any atom is 0.394 e. The van der Waals surface area contributed by atoms with E-state index in [1.807, 2.05) is 0 Å². The van der Waals surface area contributed by atoms with Gasteiger partial charge in [0, 0.05) is 22.9 Å². The lowest BCUT2D eigenvalue weighted by Gasteiger charge is -2.51. The van der Waals surface area contributed by atoms with E-state index in [4.69, 9.17) is 0 Å². The SMILES string of the molecule is C[C@]12Cc3cnn(-c4ccc(F)cc4)c3C=C1CC[C@H]1C2=CC[C@@H](C(F)(F)F)[C@@H]1NC(=O)c1ccccc1. The van der Waals surface area contributed by atoms with Gasteiger partial charge in [0.15, 0.2) is 0 Å². The predicted molar refractivity (Wildman–Crippen MR) is 136 cm³/mol. The Hall–Kier alpha value is -3.68.